The molecule has 0 saturated carbocycles. The standard InChI is InChI=1S/C14H20N2O4/c1-11(13(18)19)9-15-14(20)16(7-8-17)10-12-5-3-2-4-6-12/h2-6,11,17H,7-10H2,1H3,(H,15,20)(H,18,19). The number of nitrogens with zero attached hydrogens (tertiary/aromatic N) is 1. The fourth-order valence-electron chi connectivity index (χ4n) is 1.62. The molecule has 0 bridgehead atoms. The highest BCUT2D eigenvalue weighted by atomic mass is 16.4. The molecule has 110 valence electrons. The van der Waals surface area contributed by atoms with Crippen LogP contribution in [0.1, 0.15) is 12.5 Å². The van der Waals surface area contributed by atoms with E-state index in [1.165, 1.54) is 11.8 Å². The molecule has 1 atom stereocenters. The van der Waals surface area contributed by atoms with E-state index in [1.807, 2.05) is 30.3 Å². The Balaban J connectivity index is 2.56. The number of carboxylic acids is 1. The number of hydrogen-bond donors (Lipinski definition) is 3. The number of amides is 2. The van der Waals surface area contributed by atoms with Gasteiger partial charge in [-0.05, 0) is 5.56 Å². The summed E-state index contributed by atoms with van der Waals surface area (Å²) in [6.45, 7) is 2.01. The Labute approximate surface area is 118 Å². The highest BCUT2D eigenvalue weighted by molar-refractivity contribution is 5.75. The molecule has 1 unspecified atom stereocenters. The summed E-state index contributed by atoms with van der Waals surface area (Å²) in [6.07, 6.45) is 0. The molecule has 0 heterocycles. The first-order valence-electron chi connectivity index (χ1n) is 6.45. The van der Waals surface area contributed by atoms with Crippen molar-refractivity contribution >= 4 is 12.0 Å². The van der Waals surface area contributed by atoms with Crippen molar-refractivity contribution in [2.75, 3.05) is 19.7 Å². The monoisotopic (exact) mass is 280 g/mol. The number of nitrogens with one attached hydrogen (secondary N) is 1. The van der Waals surface area contributed by atoms with Gasteiger partial charge in [-0.15, -0.1) is 0 Å². The van der Waals surface area contributed by atoms with Crippen molar-refractivity contribution in [2.24, 2.45) is 5.92 Å². The van der Waals surface area contributed by atoms with E-state index in [0.717, 1.165) is 5.56 Å². The van der Waals surface area contributed by atoms with Crippen LogP contribution >= 0.6 is 0 Å². The molecule has 2 amide bonds. The quantitative estimate of drug-likeness (QED) is 0.692. The Morgan fingerprint density at radius 1 is 1.30 bits per heavy atom. The average molecular weight is 280 g/mol. The molecule has 0 saturated heterocycles. The minimum absolute atomic E-state index is 0.0604. The van der Waals surface area contributed by atoms with Crippen LogP contribution in [0.25, 0.3) is 0 Å². The molecule has 0 aliphatic carbocycles. The molecule has 0 radical (unpaired) electrons. The minimum Gasteiger partial charge on any atom is -0.481 e. The highest BCUT2D eigenvalue weighted by Gasteiger charge is 2.16. The largest absolute Gasteiger partial charge is 0.481 e. The third-order valence-electron chi connectivity index (χ3n) is 2.85. The van der Waals surface area contributed by atoms with Gasteiger partial charge in [-0.1, -0.05) is 37.3 Å². The molecule has 1 aromatic rings. The van der Waals surface area contributed by atoms with Gasteiger partial charge < -0.3 is 20.4 Å². The number of carbonyl (C=O) groups excluding carboxylic acids is 1. The number of aliphatic carboxylic acids is 1. The topological polar surface area (TPSA) is 89.9 Å². The molecule has 0 aliphatic heterocycles. The van der Waals surface area contributed by atoms with Crippen LogP contribution in [0, 0.1) is 5.92 Å². The van der Waals surface area contributed by atoms with Gasteiger partial charge in [0.2, 0.25) is 0 Å². The molecule has 0 aliphatic rings. The second-order valence-electron chi connectivity index (χ2n) is 4.56. The van der Waals surface area contributed by atoms with Crippen molar-refractivity contribution in [3.8, 4) is 0 Å². The van der Waals surface area contributed by atoms with Gasteiger partial charge in [0.15, 0.2) is 0 Å². The van der Waals surface area contributed by atoms with Crippen LogP contribution in [0.2, 0.25) is 0 Å². The number of rotatable bonds is 7. The number of urea groups is 1. The van der Waals surface area contributed by atoms with Crippen LogP contribution in [-0.4, -0.2) is 46.8 Å². The second kappa shape index (κ2) is 8.16. The fraction of sp³-hybridized carbons (Fsp3) is 0.429. The van der Waals surface area contributed by atoms with Crippen LogP contribution in [0.5, 0.6) is 0 Å². The van der Waals surface area contributed by atoms with E-state index in [4.69, 9.17) is 10.2 Å². The Kier molecular flexibility index (Phi) is 6.52. The van der Waals surface area contributed by atoms with Gasteiger partial charge in [0.05, 0.1) is 12.5 Å². The van der Waals surface area contributed by atoms with Crippen molar-refractivity contribution < 1.29 is 19.8 Å². The first-order valence-corrected chi connectivity index (χ1v) is 6.45. The molecule has 3 N–H and O–H groups in total. The summed E-state index contributed by atoms with van der Waals surface area (Å²) in [6, 6.07) is 9.02. The minimum atomic E-state index is -0.956. The lowest BCUT2D eigenvalue weighted by molar-refractivity contribution is -0.140. The average Bonchev–Trinajstić information content (AvgIpc) is 2.44. The van der Waals surface area contributed by atoms with Gasteiger partial charge >= 0.3 is 12.0 Å². The smallest absolute Gasteiger partial charge is 0.317 e. The summed E-state index contributed by atoms with van der Waals surface area (Å²) in [7, 11) is 0. The maximum atomic E-state index is 12.0. The normalized spacial score (nSPS) is 11.7. The number of aliphatic hydroxyl groups is 1. The number of carbonyl (C=O) groups is 2. The first kappa shape index (κ1) is 16.0. The van der Waals surface area contributed by atoms with Gasteiger partial charge in [0.25, 0.3) is 0 Å². The van der Waals surface area contributed by atoms with Crippen LogP contribution in [-0.2, 0) is 11.3 Å². The van der Waals surface area contributed by atoms with E-state index in [2.05, 4.69) is 5.32 Å². The molecule has 0 aromatic heterocycles. The van der Waals surface area contributed by atoms with Crippen molar-refractivity contribution in [1.82, 2.24) is 10.2 Å². The van der Waals surface area contributed by atoms with Crippen LogP contribution in [0.3, 0.4) is 0 Å². The number of aliphatic hydroxyl groups excluding tert-OH is 1. The maximum absolute atomic E-state index is 12.0. The van der Waals surface area contributed by atoms with Gasteiger partial charge in [-0.2, -0.15) is 0 Å². The van der Waals surface area contributed by atoms with E-state index in [9.17, 15) is 9.59 Å². The Morgan fingerprint density at radius 3 is 2.50 bits per heavy atom. The summed E-state index contributed by atoms with van der Waals surface area (Å²) in [5.41, 5.74) is 0.947. The van der Waals surface area contributed by atoms with E-state index in [1.54, 1.807) is 0 Å². The van der Waals surface area contributed by atoms with Gasteiger partial charge in [-0.25, -0.2) is 4.79 Å². The van der Waals surface area contributed by atoms with Crippen LogP contribution in [0.4, 0.5) is 4.79 Å². The molecule has 0 spiro atoms. The zero-order chi connectivity index (χ0) is 15.0. The Hall–Kier alpha value is -2.08. The zero-order valence-corrected chi connectivity index (χ0v) is 11.5. The molecule has 6 heteroatoms. The Bertz CT molecular complexity index is 436. The first-order chi connectivity index (χ1) is 9.54. The molecule has 20 heavy (non-hydrogen) atoms. The van der Waals surface area contributed by atoms with Crippen LogP contribution in [0.15, 0.2) is 30.3 Å². The molecule has 6 nitrogen and oxygen atoms in total. The highest BCUT2D eigenvalue weighted by Crippen LogP contribution is 2.04. The molecule has 0 fully saturated rings. The lowest BCUT2D eigenvalue weighted by Gasteiger charge is -2.23. The van der Waals surface area contributed by atoms with Crippen molar-refractivity contribution in [3.63, 3.8) is 0 Å². The van der Waals surface area contributed by atoms with E-state index in [0.29, 0.717) is 6.54 Å². The van der Waals surface area contributed by atoms with Gasteiger partial charge in [-0.3, -0.25) is 4.79 Å². The lowest BCUT2D eigenvalue weighted by atomic mass is 10.2. The number of hydrogen-bond acceptors (Lipinski definition) is 3. The van der Waals surface area contributed by atoms with Crippen LogP contribution < -0.4 is 5.32 Å². The number of carboxylic acid groups (broad SMARTS) is 1. The van der Waals surface area contributed by atoms with E-state index < -0.39 is 11.9 Å². The molecular weight excluding hydrogens is 260 g/mol. The zero-order valence-electron chi connectivity index (χ0n) is 11.5. The van der Waals surface area contributed by atoms with E-state index in [-0.39, 0.29) is 25.7 Å². The summed E-state index contributed by atoms with van der Waals surface area (Å²) in [4.78, 5) is 24.1. The summed E-state index contributed by atoms with van der Waals surface area (Å²) >= 11 is 0. The summed E-state index contributed by atoms with van der Waals surface area (Å²) < 4.78 is 0. The van der Waals surface area contributed by atoms with Gasteiger partial charge in [0, 0.05) is 19.6 Å². The predicted molar refractivity (Wildman–Crippen MR) is 74.1 cm³/mol. The van der Waals surface area contributed by atoms with Gasteiger partial charge in [0.1, 0.15) is 0 Å². The fourth-order valence-corrected chi connectivity index (χ4v) is 1.62. The van der Waals surface area contributed by atoms with Crippen molar-refractivity contribution in [3.05, 3.63) is 35.9 Å². The summed E-state index contributed by atoms with van der Waals surface area (Å²) in [5.74, 6) is -1.60. The maximum Gasteiger partial charge on any atom is 0.317 e. The third-order valence-corrected chi connectivity index (χ3v) is 2.85. The number of benzene rings is 1. The van der Waals surface area contributed by atoms with Crippen molar-refractivity contribution in [1.29, 1.82) is 0 Å². The SMILES string of the molecule is CC(CNC(=O)N(CCO)Cc1ccccc1)C(=O)O. The molecule has 1 rings (SSSR count). The van der Waals surface area contributed by atoms with Crippen molar-refractivity contribution in [2.45, 2.75) is 13.5 Å². The molecule has 1 aromatic carbocycles. The second-order valence-corrected chi connectivity index (χ2v) is 4.56. The lowest BCUT2D eigenvalue weighted by Crippen LogP contribution is -2.43. The van der Waals surface area contributed by atoms with E-state index >= 15 is 0 Å². The third kappa shape index (κ3) is 5.27. The molecular formula is C14H20N2O4. The Morgan fingerprint density at radius 2 is 1.95 bits per heavy atom. The summed E-state index contributed by atoms with van der Waals surface area (Å²) in [5, 5.41) is 20.3. The predicted octanol–water partition coefficient (Wildman–Crippen LogP) is 0.911.